The summed E-state index contributed by atoms with van der Waals surface area (Å²) in [5.74, 6) is 2.21. The fraction of sp³-hybridized carbons (Fsp3) is 0.750. The lowest BCUT2D eigenvalue weighted by atomic mass is 10.2. The molecule has 3 heterocycles. The number of aromatic nitrogens is 2. The van der Waals surface area contributed by atoms with Gasteiger partial charge in [-0.15, -0.1) is 0 Å². The molecule has 2 aliphatic rings. The smallest absolute Gasteiger partial charge is 0.154 e. The van der Waals surface area contributed by atoms with Crippen molar-refractivity contribution in [2.45, 2.75) is 38.9 Å². The Labute approximate surface area is 138 Å². The van der Waals surface area contributed by atoms with Gasteiger partial charge >= 0.3 is 0 Å². The van der Waals surface area contributed by atoms with Gasteiger partial charge in [-0.25, -0.2) is 18.4 Å². The fourth-order valence-corrected chi connectivity index (χ4v) is 5.42. The molecule has 6 nitrogen and oxygen atoms in total. The number of hydrogen-bond donors (Lipinski definition) is 0. The molecule has 2 saturated heterocycles. The minimum absolute atomic E-state index is 0.153. The monoisotopic (exact) mass is 338 g/mol. The normalized spacial score (nSPS) is 25.0. The van der Waals surface area contributed by atoms with E-state index in [0.29, 0.717) is 12.3 Å². The van der Waals surface area contributed by atoms with Gasteiger partial charge in [0.15, 0.2) is 9.84 Å². The summed E-state index contributed by atoms with van der Waals surface area (Å²) < 4.78 is 24.0. The van der Waals surface area contributed by atoms with Crippen LogP contribution in [0.3, 0.4) is 0 Å². The Morgan fingerprint density at radius 3 is 2.39 bits per heavy atom. The molecule has 1 unspecified atom stereocenters. The van der Waals surface area contributed by atoms with Crippen molar-refractivity contribution < 1.29 is 8.42 Å². The van der Waals surface area contributed by atoms with Crippen LogP contribution in [0, 0.1) is 20.8 Å². The summed E-state index contributed by atoms with van der Waals surface area (Å²) in [4.78, 5) is 13.6. The van der Waals surface area contributed by atoms with E-state index < -0.39 is 9.84 Å². The molecule has 0 radical (unpaired) electrons. The van der Waals surface area contributed by atoms with E-state index in [2.05, 4.69) is 26.7 Å². The van der Waals surface area contributed by atoms with Gasteiger partial charge in [0.05, 0.1) is 11.0 Å². The SMILES string of the molecule is Cc1nc(C)c(C)c(N2CCN(CC3CCCS3(=O)=O)CC2)n1. The van der Waals surface area contributed by atoms with E-state index in [4.69, 9.17) is 0 Å². The third kappa shape index (κ3) is 3.50. The van der Waals surface area contributed by atoms with Crippen molar-refractivity contribution >= 4 is 15.7 Å². The Balaban J connectivity index is 1.63. The highest BCUT2D eigenvalue weighted by Gasteiger charge is 2.33. The first-order valence-corrected chi connectivity index (χ1v) is 10.1. The predicted molar refractivity (Wildman–Crippen MR) is 91.7 cm³/mol. The standard InChI is InChI=1S/C16H26N4O2S/c1-12-13(2)17-14(3)18-16(12)20-8-6-19(7-9-20)11-15-5-4-10-23(15,21)22/h15H,4-11H2,1-3H3. The van der Waals surface area contributed by atoms with E-state index in [1.807, 2.05) is 13.8 Å². The average Bonchev–Trinajstić information content (AvgIpc) is 2.83. The highest BCUT2D eigenvalue weighted by molar-refractivity contribution is 7.92. The number of sulfone groups is 1. The zero-order valence-corrected chi connectivity index (χ0v) is 15.1. The molecule has 128 valence electrons. The number of hydrogen-bond acceptors (Lipinski definition) is 6. The molecule has 2 fully saturated rings. The molecule has 0 bridgehead atoms. The highest BCUT2D eigenvalue weighted by Crippen LogP contribution is 2.24. The maximum absolute atomic E-state index is 12.0. The van der Waals surface area contributed by atoms with Crippen LogP contribution in [-0.2, 0) is 9.84 Å². The van der Waals surface area contributed by atoms with Crippen molar-refractivity contribution in [3.8, 4) is 0 Å². The van der Waals surface area contributed by atoms with Gasteiger partial charge in [0.1, 0.15) is 11.6 Å². The summed E-state index contributed by atoms with van der Waals surface area (Å²) in [6, 6.07) is 0. The van der Waals surface area contributed by atoms with Gasteiger partial charge < -0.3 is 4.90 Å². The molecule has 0 saturated carbocycles. The van der Waals surface area contributed by atoms with Gasteiger partial charge in [0, 0.05) is 44.0 Å². The molecule has 7 heteroatoms. The van der Waals surface area contributed by atoms with Gasteiger partial charge in [0.25, 0.3) is 0 Å². The Bertz CT molecular complexity index is 682. The summed E-state index contributed by atoms with van der Waals surface area (Å²) in [5.41, 5.74) is 2.18. The lowest BCUT2D eigenvalue weighted by Gasteiger charge is -2.37. The van der Waals surface area contributed by atoms with Crippen LogP contribution in [0.1, 0.15) is 29.9 Å². The van der Waals surface area contributed by atoms with Gasteiger partial charge in [-0.1, -0.05) is 0 Å². The maximum atomic E-state index is 12.0. The second kappa shape index (κ2) is 6.36. The molecule has 0 spiro atoms. The van der Waals surface area contributed by atoms with Crippen LogP contribution < -0.4 is 4.90 Å². The summed E-state index contributed by atoms with van der Waals surface area (Å²) in [6.07, 6.45) is 1.65. The van der Waals surface area contributed by atoms with E-state index in [1.54, 1.807) is 0 Å². The largest absolute Gasteiger partial charge is 0.354 e. The van der Waals surface area contributed by atoms with E-state index in [0.717, 1.165) is 61.9 Å². The van der Waals surface area contributed by atoms with Gasteiger partial charge in [-0.3, -0.25) is 4.90 Å². The zero-order valence-electron chi connectivity index (χ0n) is 14.2. The second-order valence-electron chi connectivity index (χ2n) is 6.72. The molecular formula is C16H26N4O2S. The van der Waals surface area contributed by atoms with E-state index in [9.17, 15) is 8.42 Å². The molecule has 0 N–H and O–H groups in total. The predicted octanol–water partition coefficient (Wildman–Crippen LogP) is 1.10. The van der Waals surface area contributed by atoms with E-state index in [1.165, 1.54) is 0 Å². The molecule has 0 aliphatic carbocycles. The Kier molecular flexibility index (Phi) is 4.60. The Morgan fingerprint density at radius 2 is 1.78 bits per heavy atom. The quantitative estimate of drug-likeness (QED) is 0.822. The van der Waals surface area contributed by atoms with Gasteiger partial charge in [-0.05, 0) is 33.6 Å². The average molecular weight is 338 g/mol. The number of anilines is 1. The summed E-state index contributed by atoms with van der Waals surface area (Å²) in [7, 11) is -2.85. The van der Waals surface area contributed by atoms with E-state index >= 15 is 0 Å². The van der Waals surface area contributed by atoms with Crippen LogP contribution in [0.15, 0.2) is 0 Å². The van der Waals surface area contributed by atoms with Crippen LogP contribution in [0.4, 0.5) is 5.82 Å². The molecule has 2 aliphatic heterocycles. The summed E-state index contributed by atoms with van der Waals surface area (Å²) in [5, 5.41) is -0.153. The molecule has 1 atom stereocenters. The second-order valence-corrected chi connectivity index (χ2v) is 9.12. The molecular weight excluding hydrogens is 312 g/mol. The first-order chi connectivity index (χ1) is 10.9. The molecule has 0 amide bonds. The molecule has 3 rings (SSSR count). The van der Waals surface area contributed by atoms with E-state index in [-0.39, 0.29) is 5.25 Å². The zero-order chi connectivity index (χ0) is 16.6. The topological polar surface area (TPSA) is 66.4 Å². The minimum Gasteiger partial charge on any atom is -0.354 e. The van der Waals surface area contributed by atoms with Crippen LogP contribution in [0.5, 0.6) is 0 Å². The number of piperazine rings is 1. The van der Waals surface area contributed by atoms with Gasteiger partial charge in [-0.2, -0.15) is 0 Å². The Hall–Kier alpha value is -1.21. The number of rotatable bonds is 3. The molecule has 23 heavy (non-hydrogen) atoms. The molecule has 1 aromatic rings. The lowest BCUT2D eigenvalue weighted by molar-refractivity contribution is 0.255. The molecule has 1 aromatic heterocycles. The fourth-order valence-electron chi connectivity index (χ4n) is 3.55. The van der Waals surface area contributed by atoms with Crippen LogP contribution in [0.2, 0.25) is 0 Å². The van der Waals surface area contributed by atoms with Crippen molar-refractivity contribution in [2.75, 3.05) is 43.4 Å². The van der Waals surface area contributed by atoms with Crippen molar-refractivity contribution in [3.05, 3.63) is 17.1 Å². The summed E-state index contributed by atoms with van der Waals surface area (Å²) >= 11 is 0. The van der Waals surface area contributed by atoms with Crippen LogP contribution >= 0.6 is 0 Å². The van der Waals surface area contributed by atoms with Crippen molar-refractivity contribution in [2.24, 2.45) is 0 Å². The third-order valence-electron chi connectivity index (χ3n) is 5.07. The number of aryl methyl sites for hydroxylation is 2. The highest BCUT2D eigenvalue weighted by atomic mass is 32.2. The third-order valence-corrected chi connectivity index (χ3v) is 7.33. The summed E-state index contributed by atoms with van der Waals surface area (Å²) in [6.45, 7) is 10.3. The Morgan fingerprint density at radius 1 is 1.09 bits per heavy atom. The van der Waals surface area contributed by atoms with Crippen LogP contribution in [0.25, 0.3) is 0 Å². The molecule has 0 aromatic carbocycles. The van der Waals surface area contributed by atoms with Crippen molar-refractivity contribution in [1.82, 2.24) is 14.9 Å². The van der Waals surface area contributed by atoms with Crippen molar-refractivity contribution in [3.63, 3.8) is 0 Å². The lowest BCUT2D eigenvalue weighted by Crippen LogP contribution is -2.49. The minimum atomic E-state index is -2.85. The van der Waals surface area contributed by atoms with Crippen molar-refractivity contribution in [1.29, 1.82) is 0 Å². The van der Waals surface area contributed by atoms with Crippen LogP contribution in [-0.4, -0.2) is 67.0 Å². The van der Waals surface area contributed by atoms with Gasteiger partial charge in [0.2, 0.25) is 0 Å². The number of nitrogens with zero attached hydrogens (tertiary/aromatic N) is 4. The maximum Gasteiger partial charge on any atom is 0.154 e. The first kappa shape index (κ1) is 16.6. The first-order valence-electron chi connectivity index (χ1n) is 8.37.